The van der Waals surface area contributed by atoms with Crippen molar-refractivity contribution in [1.82, 2.24) is 0 Å². The molecule has 0 aromatic rings. The van der Waals surface area contributed by atoms with Gasteiger partial charge in [0.05, 0.1) is 0 Å². The van der Waals surface area contributed by atoms with Crippen LogP contribution in [-0.2, 0) is 4.74 Å². The molecule has 0 aromatic heterocycles. The van der Waals surface area contributed by atoms with Crippen molar-refractivity contribution in [3.63, 3.8) is 0 Å². The SMILES string of the molecule is CC(C)SCCCOCCC(C)(C)C. The van der Waals surface area contributed by atoms with Gasteiger partial charge in [-0.15, -0.1) is 0 Å². The second-order valence-electron chi connectivity index (χ2n) is 5.20. The topological polar surface area (TPSA) is 9.23 Å². The molecular formula is C12H26OS. The smallest absolute Gasteiger partial charge is 0.0473 e. The van der Waals surface area contributed by atoms with Crippen LogP contribution in [0.25, 0.3) is 0 Å². The largest absolute Gasteiger partial charge is 0.381 e. The van der Waals surface area contributed by atoms with E-state index in [4.69, 9.17) is 4.74 Å². The molecule has 86 valence electrons. The molecule has 1 nitrogen and oxygen atoms in total. The van der Waals surface area contributed by atoms with Crippen molar-refractivity contribution >= 4 is 11.8 Å². The van der Waals surface area contributed by atoms with Crippen LogP contribution in [0.15, 0.2) is 0 Å². The molecule has 0 unspecified atom stereocenters. The predicted molar refractivity (Wildman–Crippen MR) is 67.1 cm³/mol. The van der Waals surface area contributed by atoms with Gasteiger partial charge in [-0.1, -0.05) is 34.6 Å². The molecule has 0 atom stereocenters. The third-order valence-electron chi connectivity index (χ3n) is 1.88. The molecule has 0 aromatic carbocycles. The van der Waals surface area contributed by atoms with Crippen LogP contribution in [0, 0.1) is 5.41 Å². The summed E-state index contributed by atoms with van der Waals surface area (Å²) in [6.45, 7) is 13.1. The molecule has 0 N–H and O–H groups in total. The molecule has 0 amide bonds. The predicted octanol–water partition coefficient (Wildman–Crippen LogP) is 3.97. The molecule has 2 heteroatoms. The van der Waals surface area contributed by atoms with E-state index in [1.807, 2.05) is 11.8 Å². The van der Waals surface area contributed by atoms with Gasteiger partial charge in [-0.05, 0) is 29.3 Å². The monoisotopic (exact) mass is 218 g/mol. The maximum Gasteiger partial charge on any atom is 0.0473 e. The van der Waals surface area contributed by atoms with Gasteiger partial charge in [0.2, 0.25) is 0 Å². The number of ether oxygens (including phenoxy) is 1. The Labute approximate surface area is 94.0 Å². The lowest BCUT2D eigenvalue weighted by molar-refractivity contribution is 0.109. The molecule has 0 spiro atoms. The molecule has 0 aliphatic rings. The van der Waals surface area contributed by atoms with E-state index in [1.54, 1.807) is 0 Å². The maximum atomic E-state index is 5.58. The Morgan fingerprint density at radius 1 is 1.14 bits per heavy atom. The first-order valence-electron chi connectivity index (χ1n) is 5.61. The van der Waals surface area contributed by atoms with Gasteiger partial charge in [-0.3, -0.25) is 0 Å². The van der Waals surface area contributed by atoms with Crippen molar-refractivity contribution in [3.8, 4) is 0 Å². The minimum absolute atomic E-state index is 0.409. The summed E-state index contributed by atoms with van der Waals surface area (Å²) < 4.78 is 5.58. The zero-order valence-corrected chi connectivity index (χ0v) is 11.2. The number of hydrogen-bond donors (Lipinski definition) is 0. The fourth-order valence-electron chi connectivity index (χ4n) is 0.960. The normalized spacial score (nSPS) is 12.4. The summed E-state index contributed by atoms with van der Waals surface area (Å²) in [4.78, 5) is 0. The van der Waals surface area contributed by atoms with E-state index in [0.717, 1.165) is 24.9 Å². The average Bonchev–Trinajstić information content (AvgIpc) is 2.00. The summed E-state index contributed by atoms with van der Waals surface area (Å²) in [6.07, 6.45) is 2.34. The Bertz CT molecular complexity index is 127. The van der Waals surface area contributed by atoms with E-state index in [1.165, 1.54) is 12.2 Å². The van der Waals surface area contributed by atoms with Crippen LogP contribution in [0.5, 0.6) is 0 Å². The molecule has 0 heterocycles. The Kier molecular flexibility index (Phi) is 7.75. The van der Waals surface area contributed by atoms with Gasteiger partial charge in [0, 0.05) is 13.2 Å². The number of thioether (sulfide) groups is 1. The van der Waals surface area contributed by atoms with Gasteiger partial charge < -0.3 is 4.74 Å². The first kappa shape index (κ1) is 14.3. The molecule has 14 heavy (non-hydrogen) atoms. The molecule has 0 radical (unpaired) electrons. The Morgan fingerprint density at radius 3 is 2.29 bits per heavy atom. The first-order chi connectivity index (χ1) is 6.42. The number of rotatable bonds is 7. The summed E-state index contributed by atoms with van der Waals surface area (Å²) in [5, 5.41) is 0.754. The summed E-state index contributed by atoms with van der Waals surface area (Å²) in [6, 6.07) is 0. The van der Waals surface area contributed by atoms with Gasteiger partial charge in [0.25, 0.3) is 0 Å². The van der Waals surface area contributed by atoms with Crippen LogP contribution in [0.3, 0.4) is 0 Å². The maximum absolute atomic E-state index is 5.58. The van der Waals surface area contributed by atoms with Crippen LogP contribution >= 0.6 is 11.8 Å². The number of hydrogen-bond acceptors (Lipinski definition) is 2. The van der Waals surface area contributed by atoms with Crippen LogP contribution in [0.4, 0.5) is 0 Å². The molecular weight excluding hydrogens is 192 g/mol. The lowest BCUT2D eigenvalue weighted by Gasteiger charge is -2.17. The summed E-state index contributed by atoms with van der Waals surface area (Å²) >= 11 is 2.01. The van der Waals surface area contributed by atoms with Gasteiger partial charge in [0.15, 0.2) is 0 Å². The van der Waals surface area contributed by atoms with Gasteiger partial charge in [-0.25, -0.2) is 0 Å². The quantitative estimate of drug-likeness (QED) is 0.598. The highest BCUT2D eigenvalue weighted by Crippen LogP contribution is 2.18. The zero-order valence-electron chi connectivity index (χ0n) is 10.4. The summed E-state index contributed by atoms with van der Waals surface area (Å²) in [5.41, 5.74) is 0.409. The molecule has 0 bridgehead atoms. The van der Waals surface area contributed by atoms with Gasteiger partial charge in [0.1, 0.15) is 0 Å². The van der Waals surface area contributed by atoms with Crippen molar-refractivity contribution in [2.75, 3.05) is 19.0 Å². The van der Waals surface area contributed by atoms with Crippen LogP contribution in [0.1, 0.15) is 47.5 Å². The molecule has 0 rings (SSSR count). The van der Waals surface area contributed by atoms with Crippen LogP contribution < -0.4 is 0 Å². The van der Waals surface area contributed by atoms with Crippen molar-refractivity contribution in [3.05, 3.63) is 0 Å². The molecule has 0 aliphatic carbocycles. The van der Waals surface area contributed by atoms with Crippen molar-refractivity contribution in [2.45, 2.75) is 52.7 Å². The third kappa shape index (κ3) is 12.3. The zero-order chi connectivity index (χ0) is 11.0. The van der Waals surface area contributed by atoms with Crippen LogP contribution in [0.2, 0.25) is 0 Å². The van der Waals surface area contributed by atoms with Crippen molar-refractivity contribution in [2.24, 2.45) is 5.41 Å². The van der Waals surface area contributed by atoms with E-state index >= 15 is 0 Å². The van der Waals surface area contributed by atoms with Crippen molar-refractivity contribution in [1.29, 1.82) is 0 Å². The van der Waals surface area contributed by atoms with Gasteiger partial charge >= 0.3 is 0 Å². The fourth-order valence-corrected chi connectivity index (χ4v) is 1.72. The van der Waals surface area contributed by atoms with E-state index in [9.17, 15) is 0 Å². The standard InChI is InChI=1S/C12H26OS/c1-11(2)14-10-6-8-13-9-7-12(3,4)5/h11H,6-10H2,1-5H3. The van der Waals surface area contributed by atoms with E-state index in [0.29, 0.717) is 5.41 Å². The Balaban J connectivity index is 3.07. The highest BCUT2D eigenvalue weighted by molar-refractivity contribution is 7.99. The lowest BCUT2D eigenvalue weighted by Crippen LogP contribution is -2.10. The molecule has 0 aliphatic heterocycles. The second-order valence-corrected chi connectivity index (χ2v) is 6.88. The average molecular weight is 218 g/mol. The second kappa shape index (κ2) is 7.58. The van der Waals surface area contributed by atoms with Crippen molar-refractivity contribution < 1.29 is 4.74 Å². The molecule has 0 saturated carbocycles. The van der Waals surface area contributed by atoms with Crippen LogP contribution in [-0.4, -0.2) is 24.2 Å². The van der Waals surface area contributed by atoms with E-state index < -0.39 is 0 Å². The van der Waals surface area contributed by atoms with E-state index in [-0.39, 0.29) is 0 Å². The minimum Gasteiger partial charge on any atom is -0.381 e. The lowest BCUT2D eigenvalue weighted by atomic mass is 9.93. The first-order valence-corrected chi connectivity index (χ1v) is 6.66. The highest BCUT2D eigenvalue weighted by Gasteiger charge is 2.08. The third-order valence-corrected chi connectivity index (χ3v) is 3.07. The molecule has 0 fully saturated rings. The Hall–Kier alpha value is 0.310. The fraction of sp³-hybridized carbons (Fsp3) is 1.00. The van der Waals surface area contributed by atoms with Gasteiger partial charge in [-0.2, -0.15) is 11.8 Å². The summed E-state index contributed by atoms with van der Waals surface area (Å²) in [5.74, 6) is 1.23. The highest BCUT2D eigenvalue weighted by atomic mass is 32.2. The Morgan fingerprint density at radius 2 is 1.79 bits per heavy atom. The molecule has 0 saturated heterocycles. The van der Waals surface area contributed by atoms with E-state index in [2.05, 4.69) is 34.6 Å². The minimum atomic E-state index is 0.409. The summed E-state index contributed by atoms with van der Waals surface area (Å²) in [7, 11) is 0.